The predicted molar refractivity (Wildman–Crippen MR) is 86.4 cm³/mol. The van der Waals surface area contributed by atoms with Crippen molar-refractivity contribution >= 4 is 28.8 Å². The lowest BCUT2D eigenvalue weighted by Crippen LogP contribution is -2.20. The molecule has 0 aliphatic carbocycles. The predicted octanol–water partition coefficient (Wildman–Crippen LogP) is 3.60. The lowest BCUT2D eigenvalue weighted by atomic mass is 10.3. The van der Waals surface area contributed by atoms with Gasteiger partial charge in [0.15, 0.2) is 5.11 Å². The third-order valence-corrected chi connectivity index (χ3v) is 2.77. The van der Waals surface area contributed by atoms with Crippen molar-refractivity contribution in [3.63, 3.8) is 0 Å². The molecule has 0 aliphatic rings. The van der Waals surface area contributed by atoms with Gasteiger partial charge in [-0.2, -0.15) is 0 Å². The first kappa shape index (κ1) is 14.3. The minimum Gasteiger partial charge on any atom is -0.492 e. The summed E-state index contributed by atoms with van der Waals surface area (Å²) in [4.78, 5) is 4.34. The average molecular weight is 287 g/mol. The quantitative estimate of drug-likeness (QED) is 0.841. The molecule has 0 aliphatic heterocycles. The number of aryl methyl sites for hydroxylation is 1. The van der Waals surface area contributed by atoms with Crippen molar-refractivity contribution in [3.05, 3.63) is 48.2 Å². The highest BCUT2D eigenvalue weighted by molar-refractivity contribution is 7.80. The zero-order valence-electron chi connectivity index (χ0n) is 11.5. The molecule has 0 atom stereocenters. The Labute approximate surface area is 124 Å². The smallest absolute Gasteiger partial charge is 0.176 e. The van der Waals surface area contributed by atoms with E-state index >= 15 is 0 Å². The first-order valence-electron chi connectivity index (χ1n) is 6.42. The van der Waals surface area contributed by atoms with E-state index in [1.807, 2.05) is 56.3 Å². The number of para-hydroxylation sites is 2. The lowest BCUT2D eigenvalue weighted by Gasteiger charge is -2.13. The van der Waals surface area contributed by atoms with Gasteiger partial charge in [0.1, 0.15) is 11.6 Å². The fraction of sp³-hybridized carbons (Fsp3) is 0.200. The Morgan fingerprint density at radius 3 is 2.70 bits per heavy atom. The van der Waals surface area contributed by atoms with Gasteiger partial charge in [-0.05, 0) is 50.3 Å². The van der Waals surface area contributed by atoms with Crippen LogP contribution in [-0.4, -0.2) is 16.7 Å². The number of nitrogens with zero attached hydrogens (tertiary/aromatic N) is 1. The van der Waals surface area contributed by atoms with Gasteiger partial charge in [0.25, 0.3) is 0 Å². The Balaban J connectivity index is 2.05. The van der Waals surface area contributed by atoms with Crippen molar-refractivity contribution in [3.8, 4) is 5.75 Å². The minimum atomic E-state index is 0.482. The Hall–Kier alpha value is -2.14. The van der Waals surface area contributed by atoms with Gasteiger partial charge >= 0.3 is 0 Å². The van der Waals surface area contributed by atoms with E-state index in [2.05, 4.69) is 15.6 Å². The fourth-order valence-electron chi connectivity index (χ4n) is 1.73. The molecular weight excluding hydrogens is 270 g/mol. The maximum atomic E-state index is 5.54. The largest absolute Gasteiger partial charge is 0.492 e. The van der Waals surface area contributed by atoms with Gasteiger partial charge < -0.3 is 15.4 Å². The van der Waals surface area contributed by atoms with Crippen LogP contribution in [-0.2, 0) is 0 Å². The second-order valence-corrected chi connectivity index (χ2v) is 4.58. The van der Waals surface area contributed by atoms with Crippen LogP contribution in [0.3, 0.4) is 0 Å². The molecule has 1 heterocycles. The standard InChI is InChI=1S/C15H17N3OS/c1-3-19-13-9-5-4-8-12(13)17-15(20)18-14-10-6-7-11(2)16-14/h4-10H,3H2,1-2H3,(H2,16,17,18,20). The highest BCUT2D eigenvalue weighted by Crippen LogP contribution is 2.23. The SMILES string of the molecule is CCOc1ccccc1NC(=S)Nc1cccc(C)n1. The van der Waals surface area contributed by atoms with Crippen molar-refractivity contribution in [1.29, 1.82) is 0 Å². The molecule has 4 nitrogen and oxygen atoms in total. The summed E-state index contributed by atoms with van der Waals surface area (Å²) in [5, 5.41) is 6.65. The molecule has 2 rings (SSSR count). The van der Waals surface area contributed by atoms with Gasteiger partial charge in [-0.25, -0.2) is 4.98 Å². The van der Waals surface area contributed by atoms with Gasteiger partial charge in [-0.1, -0.05) is 18.2 Å². The zero-order chi connectivity index (χ0) is 14.4. The van der Waals surface area contributed by atoms with Crippen molar-refractivity contribution in [2.45, 2.75) is 13.8 Å². The molecule has 0 fully saturated rings. The minimum absolute atomic E-state index is 0.482. The second kappa shape index (κ2) is 6.86. The van der Waals surface area contributed by atoms with Crippen LogP contribution in [0, 0.1) is 6.92 Å². The number of nitrogens with one attached hydrogen (secondary N) is 2. The molecule has 2 N–H and O–H groups in total. The molecule has 0 spiro atoms. The van der Waals surface area contributed by atoms with Gasteiger partial charge in [-0.15, -0.1) is 0 Å². The van der Waals surface area contributed by atoms with Crippen LogP contribution >= 0.6 is 12.2 Å². The third kappa shape index (κ3) is 3.93. The van der Waals surface area contributed by atoms with E-state index in [9.17, 15) is 0 Å². The highest BCUT2D eigenvalue weighted by Gasteiger charge is 2.05. The molecular formula is C15H17N3OS. The second-order valence-electron chi connectivity index (χ2n) is 4.17. The van der Waals surface area contributed by atoms with E-state index in [1.165, 1.54) is 0 Å². The maximum Gasteiger partial charge on any atom is 0.176 e. The van der Waals surface area contributed by atoms with Gasteiger partial charge in [0, 0.05) is 5.69 Å². The molecule has 0 amide bonds. The summed E-state index contributed by atoms with van der Waals surface area (Å²) in [7, 11) is 0. The molecule has 5 heteroatoms. The van der Waals surface area contributed by atoms with E-state index in [4.69, 9.17) is 17.0 Å². The normalized spacial score (nSPS) is 9.90. The number of rotatable bonds is 4. The molecule has 1 aromatic heterocycles. The van der Waals surface area contributed by atoms with Crippen molar-refractivity contribution in [2.75, 3.05) is 17.2 Å². The molecule has 0 bridgehead atoms. The van der Waals surface area contributed by atoms with Crippen LogP contribution in [0.25, 0.3) is 0 Å². The lowest BCUT2D eigenvalue weighted by molar-refractivity contribution is 0.342. The van der Waals surface area contributed by atoms with Crippen LogP contribution in [0.1, 0.15) is 12.6 Å². The molecule has 20 heavy (non-hydrogen) atoms. The Bertz CT molecular complexity index is 601. The van der Waals surface area contributed by atoms with Crippen LogP contribution in [0.2, 0.25) is 0 Å². The van der Waals surface area contributed by atoms with Crippen LogP contribution in [0.4, 0.5) is 11.5 Å². The first-order chi connectivity index (χ1) is 9.69. The number of aromatic nitrogens is 1. The first-order valence-corrected chi connectivity index (χ1v) is 6.83. The Kier molecular flexibility index (Phi) is 4.90. The summed E-state index contributed by atoms with van der Waals surface area (Å²) >= 11 is 5.29. The molecule has 2 aromatic rings. The topological polar surface area (TPSA) is 46.2 Å². The zero-order valence-corrected chi connectivity index (χ0v) is 12.3. The molecule has 0 unspecified atom stereocenters. The summed E-state index contributed by atoms with van der Waals surface area (Å²) in [6, 6.07) is 13.4. The monoisotopic (exact) mass is 287 g/mol. The molecule has 104 valence electrons. The van der Waals surface area contributed by atoms with Gasteiger partial charge in [0.05, 0.1) is 12.3 Å². The van der Waals surface area contributed by atoms with Crippen LogP contribution in [0.15, 0.2) is 42.5 Å². The molecule has 0 saturated carbocycles. The average Bonchev–Trinajstić information content (AvgIpc) is 2.41. The van der Waals surface area contributed by atoms with E-state index in [0.717, 1.165) is 22.9 Å². The van der Waals surface area contributed by atoms with Gasteiger partial charge in [-0.3, -0.25) is 0 Å². The van der Waals surface area contributed by atoms with Gasteiger partial charge in [0.2, 0.25) is 0 Å². The van der Waals surface area contributed by atoms with Crippen LogP contribution in [0.5, 0.6) is 5.75 Å². The number of benzene rings is 1. The number of hydrogen-bond donors (Lipinski definition) is 2. The third-order valence-electron chi connectivity index (χ3n) is 2.57. The number of anilines is 2. The maximum absolute atomic E-state index is 5.54. The summed E-state index contributed by atoms with van der Waals surface area (Å²) in [6.45, 7) is 4.49. The Morgan fingerprint density at radius 1 is 1.15 bits per heavy atom. The number of hydrogen-bond acceptors (Lipinski definition) is 3. The molecule has 0 saturated heterocycles. The summed E-state index contributed by atoms with van der Waals surface area (Å²) in [5.74, 6) is 1.49. The van der Waals surface area contributed by atoms with E-state index < -0.39 is 0 Å². The number of ether oxygens (including phenoxy) is 1. The fourth-order valence-corrected chi connectivity index (χ4v) is 1.95. The molecule has 0 radical (unpaired) electrons. The summed E-state index contributed by atoms with van der Waals surface area (Å²) in [5.41, 5.74) is 1.77. The molecule has 1 aromatic carbocycles. The number of thiocarbonyl (C=S) groups is 1. The summed E-state index contributed by atoms with van der Waals surface area (Å²) in [6.07, 6.45) is 0. The van der Waals surface area contributed by atoms with E-state index in [1.54, 1.807) is 0 Å². The number of pyridine rings is 1. The Morgan fingerprint density at radius 2 is 1.95 bits per heavy atom. The van der Waals surface area contributed by atoms with Crippen molar-refractivity contribution < 1.29 is 4.74 Å². The van der Waals surface area contributed by atoms with E-state index in [0.29, 0.717) is 11.7 Å². The summed E-state index contributed by atoms with van der Waals surface area (Å²) < 4.78 is 5.54. The highest BCUT2D eigenvalue weighted by atomic mass is 32.1. The van der Waals surface area contributed by atoms with E-state index in [-0.39, 0.29) is 0 Å². The van der Waals surface area contributed by atoms with Crippen LogP contribution < -0.4 is 15.4 Å². The van der Waals surface area contributed by atoms with Crippen molar-refractivity contribution in [2.24, 2.45) is 0 Å². The van der Waals surface area contributed by atoms with Crippen molar-refractivity contribution in [1.82, 2.24) is 4.98 Å².